The fourth-order valence-electron chi connectivity index (χ4n) is 2.22. The summed E-state index contributed by atoms with van der Waals surface area (Å²) in [6, 6.07) is 3.22. The largest absolute Gasteiger partial charge is 0.383 e. The lowest BCUT2D eigenvalue weighted by Crippen LogP contribution is -2.49. The average molecular weight is 255 g/mol. The number of hydrogen-bond acceptors (Lipinski definition) is 4. The summed E-state index contributed by atoms with van der Waals surface area (Å²) in [4.78, 5) is 2.43. The minimum atomic E-state index is -0.460. The quantitative estimate of drug-likeness (QED) is 0.685. The van der Waals surface area contributed by atoms with Crippen LogP contribution in [0.3, 0.4) is 0 Å². The van der Waals surface area contributed by atoms with Crippen LogP contribution in [0.1, 0.15) is 40.5 Å². The fourth-order valence-corrected chi connectivity index (χ4v) is 2.22. The zero-order valence-electron chi connectivity index (χ0n) is 12.8. The standard InChI is InChI=1S/C14H29N3O/c1-7-12(2)17(8-9-18-6)13(3)10-14(4,11-15)16-5/h12-13,16H,7-10H2,1-6H3. The third kappa shape index (κ3) is 5.34. The van der Waals surface area contributed by atoms with E-state index in [0.717, 1.165) is 26.0 Å². The van der Waals surface area contributed by atoms with Gasteiger partial charge >= 0.3 is 0 Å². The molecule has 0 aromatic heterocycles. The van der Waals surface area contributed by atoms with E-state index in [2.05, 4.69) is 37.1 Å². The van der Waals surface area contributed by atoms with Gasteiger partial charge in [-0.2, -0.15) is 5.26 Å². The van der Waals surface area contributed by atoms with Crippen LogP contribution in [0.2, 0.25) is 0 Å². The molecule has 0 bridgehead atoms. The van der Waals surface area contributed by atoms with Gasteiger partial charge in [-0.1, -0.05) is 6.92 Å². The molecular weight excluding hydrogens is 226 g/mol. The van der Waals surface area contributed by atoms with E-state index in [9.17, 15) is 5.26 Å². The van der Waals surface area contributed by atoms with Crippen LogP contribution >= 0.6 is 0 Å². The first-order valence-electron chi connectivity index (χ1n) is 6.79. The molecule has 0 aromatic rings. The first kappa shape index (κ1) is 17.4. The van der Waals surface area contributed by atoms with Gasteiger partial charge in [0.25, 0.3) is 0 Å². The van der Waals surface area contributed by atoms with Crippen LogP contribution in [0.4, 0.5) is 0 Å². The molecule has 0 heterocycles. The smallest absolute Gasteiger partial charge is 0.105 e. The van der Waals surface area contributed by atoms with Gasteiger partial charge in [-0.05, 0) is 40.7 Å². The molecule has 0 aliphatic carbocycles. The summed E-state index contributed by atoms with van der Waals surface area (Å²) in [6.07, 6.45) is 1.92. The summed E-state index contributed by atoms with van der Waals surface area (Å²) in [7, 11) is 3.57. The van der Waals surface area contributed by atoms with Gasteiger partial charge < -0.3 is 10.1 Å². The fraction of sp³-hybridized carbons (Fsp3) is 0.929. The van der Waals surface area contributed by atoms with Gasteiger partial charge in [0.15, 0.2) is 0 Å². The molecule has 106 valence electrons. The van der Waals surface area contributed by atoms with E-state index < -0.39 is 5.54 Å². The molecule has 3 atom stereocenters. The van der Waals surface area contributed by atoms with Crippen LogP contribution in [0.15, 0.2) is 0 Å². The highest BCUT2D eigenvalue weighted by Crippen LogP contribution is 2.18. The predicted octanol–water partition coefficient (Wildman–Crippen LogP) is 2.01. The lowest BCUT2D eigenvalue weighted by Gasteiger charge is -2.37. The second kappa shape index (κ2) is 8.47. The van der Waals surface area contributed by atoms with Crippen molar-refractivity contribution in [1.29, 1.82) is 5.26 Å². The summed E-state index contributed by atoms with van der Waals surface area (Å²) in [6.45, 7) is 10.2. The molecule has 0 aliphatic rings. The van der Waals surface area contributed by atoms with Gasteiger partial charge in [0, 0.05) is 25.7 Å². The Labute approximate surface area is 112 Å². The monoisotopic (exact) mass is 255 g/mol. The van der Waals surface area contributed by atoms with Crippen molar-refractivity contribution in [2.24, 2.45) is 0 Å². The second-order valence-corrected chi connectivity index (χ2v) is 5.23. The molecular formula is C14H29N3O. The number of nitriles is 1. The van der Waals surface area contributed by atoms with Crippen molar-refractivity contribution in [3.05, 3.63) is 0 Å². The highest BCUT2D eigenvalue weighted by molar-refractivity contribution is 5.04. The number of rotatable bonds is 9. The Morgan fingerprint density at radius 3 is 2.39 bits per heavy atom. The van der Waals surface area contributed by atoms with E-state index in [4.69, 9.17) is 4.74 Å². The van der Waals surface area contributed by atoms with Crippen molar-refractivity contribution in [2.75, 3.05) is 27.3 Å². The first-order chi connectivity index (χ1) is 8.44. The summed E-state index contributed by atoms with van der Waals surface area (Å²) in [5.74, 6) is 0. The van der Waals surface area contributed by atoms with Crippen LogP contribution in [0.5, 0.6) is 0 Å². The van der Waals surface area contributed by atoms with E-state index >= 15 is 0 Å². The SMILES string of the molecule is CCC(C)N(CCOC)C(C)CC(C)(C#N)NC. The topological polar surface area (TPSA) is 48.3 Å². The summed E-state index contributed by atoms with van der Waals surface area (Å²) in [5, 5.41) is 12.3. The molecule has 0 spiro atoms. The van der Waals surface area contributed by atoms with Gasteiger partial charge in [0.05, 0.1) is 12.7 Å². The molecule has 4 nitrogen and oxygen atoms in total. The Hall–Kier alpha value is -0.630. The predicted molar refractivity (Wildman–Crippen MR) is 75.5 cm³/mol. The third-order valence-electron chi connectivity index (χ3n) is 3.78. The normalized spacial score (nSPS) is 18.1. The zero-order valence-corrected chi connectivity index (χ0v) is 12.8. The van der Waals surface area contributed by atoms with Crippen molar-refractivity contribution in [1.82, 2.24) is 10.2 Å². The van der Waals surface area contributed by atoms with Gasteiger partial charge in [-0.3, -0.25) is 4.90 Å². The maximum atomic E-state index is 9.23. The van der Waals surface area contributed by atoms with Gasteiger partial charge in [0.1, 0.15) is 5.54 Å². The molecule has 18 heavy (non-hydrogen) atoms. The van der Waals surface area contributed by atoms with E-state index in [1.807, 2.05) is 14.0 Å². The Morgan fingerprint density at radius 1 is 1.39 bits per heavy atom. The zero-order chi connectivity index (χ0) is 14.2. The molecule has 0 aromatic carbocycles. The number of nitrogens with zero attached hydrogens (tertiary/aromatic N) is 2. The summed E-state index contributed by atoms with van der Waals surface area (Å²) in [5.41, 5.74) is -0.460. The Kier molecular flexibility index (Phi) is 8.17. The van der Waals surface area contributed by atoms with E-state index in [1.54, 1.807) is 7.11 Å². The lowest BCUT2D eigenvalue weighted by molar-refractivity contribution is 0.0833. The molecule has 3 unspecified atom stereocenters. The Bertz CT molecular complexity index is 264. The maximum absolute atomic E-state index is 9.23. The molecule has 0 saturated heterocycles. The highest BCUT2D eigenvalue weighted by atomic mass is 16.5. The molecule has 0 radical (unpaired) electrons. The highest BCUT2D eigenvalue weighted by Gasteiger charge is 2.28. The molecule has 0 amide bonds. The van der Waals surface area contributed by atoms with Crippen molar-refractivity contribution in [3.8, 4) is 6.07 Å². The number of ether oxygens (including phenoxy) is 1. The third-order valence-corrected chi connectivity index (χ3v) is 3.78. The minimum Gasteiger partial charge on any atom is -0.383 e. The van der Waals surface area contributed by atoms with Gasteiger partial charge in [-0.25, -0.2) is 0 Å². The number of hydrogen-bond donors (Lipinski definition) is 1. The summed E-state index contributed by atoms with van der Waals surface area (Å²) >= 11 is 0. The molecule has 0 saturated carbocycles. The van der Waals surface area contributed by atoms with Crippen LogP contribution in [0.25, 0.3) is 0 Å². The van der Waals surface area contributed by atoms with Crippen LogP contribution in [0, 0.1) is 11.3 Å². The molecule has 0 aliphatic heterocycles. The Balaban J connectivity index is 4.64. The van der Waals surface area contributed by atoms with Crippen molar-refractivity contribution in [2.45, 2.75) is 58.2 Å². The molecule has 0 rings (SSSR count). The lowest BCUT2D eigenvalue weighted by atomic mass is 9.94. The van der Waals surface area contributed by atoms with Crippen molar-refractivity contribution < 1.29 is 4.74 Å². The number of nitrogens with one attached hydrogen (secondary N) is 1. The van der Waals surface area contributed by atoms with Crippen LogP contribution in [-0.4, -0.2) is 49.8 Å². The first-order valence-corrected chi connectivity index (χ1v) is 6.79. The van der Waals surface area contributed by atoms with Gasteiger partial charge in [0.2, 0.25) is 0 Å². The van der Waals surface area contributed by atoms with Crippen LogP contribution < -0.4 is 5.32 Å². The Morgan fingerprint density at radius 2 is 2.00 bits per heavy atom. The van der Waals surface area contributed by atoms with E-state index in [1.165, 1.54) is 0 Å². The van der Waals surface area contributed by atoms with E-state index in [-0.39, 0.29) is 0 Å². The maximum Gasteiger partial charge on any atom is 0.105 e. The number of methoxy groups -OCH3 is 1. The van der Waals surface area contributed by atoms with Gasteiger partial charge in [-0.15, -0.1) is 0 Å². The minimum absolute atomic E-state index is 0.354. The summed E-state index contributed by atoms with van der Waals surface area (Å²) < 4.78 is 5.18. The molecule has 4 heteroatoms. The molecule has 0 fully saturated rings. The van der Waals surface area contributed by atoms with Crippen molar-refractivity contribution in [3.63, 3.8) is 0 Å². The average Bonchev–Trinajstić information content (AvgIpc) is 2.38. The molecule has 1 N–H and O–H groups in total. The van der Waals surface area contributed by atoms with E-state index in [0.29, 0.717) is 12.1 Å². The second-order valence-electron chi connectivity index (χ2n) is 5.23. The van der Waals surface area contributed by atoms with Crippen LogP contribution in [-0.2, 0) is 4.74 Å². The van der Waals surface area contributed by atoms with Crippen molar-refractivity contribution >= 4 is 0 Å².